The van der Waals surface area contributed by atoms with E-state index in [0.717, 1.165) is 13.0 Å². The summed E-state index contributed by atoms with van der Waals surface area (Å²) in [7, 11) is 0. The van der Waals surface area contributed by atoms with Gasteiger partial charge in [-0.15, -0.1) is 0 Å². The lowest BCUT2D eigenvalue weighted by molar-refractivity contribution is 0.0701. The molecule has 1 N–H and O–H groups in total. The van der Waals surface area contributed by atoms with Gasteiger partial charge in [-0.2, -0.15) is 0 Å². The van der Waals surface area contributed by atoms with Crippen LogP contribution in [0.25, 0.3) is 10.4 Å². The molecule has 2 atom stereocenters. The van der Waals surface area contributed by atoms with Gasteiger partial charge in [0.25, 0.3) is 0 Å². The van der Waals surface area contributed by atoms with Crippen molar-refractivity contribution in [1.29, 1.82) is 0 Å². The Hall–Kier alpha value is -0.770. The summed E-state index contributed by atoms with van der Waals surface area (Å²) in [5.74, 6) is 0. The van der Waals surface area contributed by atoms with Crippen LogP contribution in [-0.2, 0) is 0 Å². The maximum absolute atomic E-state index is 9.64. The summed E-state index contributed by atoms with van der Waals surface area (Å²) in [6.07, 6.45) is 4.35. The Labute approximate surface area is 90.7 Å². The van der Waals surface area contributed by atoms with Gasteiger partial charge in [-0.25, -0.2) is 0 Å². The molecule has 86 valence electrons. The lowest BCUT2D eigenvalue weighted by Crippen LogP contribution is -2.44. The summed E-state index contributed by atoms with van der Waals surface area (Å²) in [6.45, 7) is 4.07. The molecule has 0 aliphatic carbocycles. The number of nitrogens with zero attached hydrogens (tertiary/aromatic N) is 4. The van der Waals surface area contributed by atoms with Crippen LogP contribution in [0.15, 0.2) is 5.11 Å². The van der Waals surface area contributed by atoms with Crippen molar-refractivity contribution >= 4 is 0 Å². The van der Waals surface area contributed by atoms with Crippen molar-refractivity contribution in [2.24, 2.45) is 5.11 Å². The first-order valence-corrected chi connectivity index (χ1v) is 5.71. The third kappa shape index (κ3) is 4.08. The predicted molar refractivity (Wildman–Crippen MR) is 59.5 cm³/mol. The van der Waals surface area contributed by atoms with Crippen LogP contribution in [0.4, 0.5) is 0 Å². The highest BCUT2D eigenvalue weighted by Crippen LogP contribution is 2.19. The minimum Gasteiger partial charge on any atom is -0.392 e. The second kappa shape index (κ2) is 6.67. The average molecular weight is 212 g/mol. The minimum absolute atomic E-state index is 0.184. The maximum Gasteiger partial charge on any atom is 0.0723 e. The van der Waals surface area contributed by atoms with Crippen molar-refractivity contribution in [2.75, 3.05) is 19.6 Å². The molecule has 0 aromatic carbocycles. The highest BCUT2D eigenvalue weighted by Gasteiger charge is 2.22. The van der Waals surface area contributed by atoms with Crippen LogP contribution in [0.1, 0.15) is 32.6 Å². The van der Waals surface area contributed by atoms with Crippen LogP contribution in [0.5, 0.6) is 0 Å². The first-order valence-electron chi connectivity index (χ1n) is 5.71. The molecule has 0 unspecified atom stereocenters. The molecular weight excluding hydrogens is 192 g/mol. The number of hydrogen-bond donors (Lipinski definition) is 1. The molecule has 1 fully saturated rings. The molecule has 15 heavy (non-hydrogen) atoms. The van der Waals surface area contributed by atoms with Crippen molar-refractivity contribution < 1.29 is 5.11 Å². The summed E-state index contributed by atoms with van der Waals surface area (Å²) in [5, 5.41) is 13.0. The number of aliphatic hydroxyl groups is 1. The highest BCUT2D eigenvalue weighted by molar-refractivity contribution is 4.78. The summed E-state index contributed by atoms with van der Waals surface area (Å²) in [6, 6.07) is 0.597. The van der Waals surface area contributed by atoms with E-state index in [9.17, 15) is 5.11 Å². The lowest BCUT2D eigenvalue weighted by Gasteiger charge is -2.36. The third-order valence-corrected chi connectivity index (χ3v) is 3.02. The number of likely N-dealkylation sites (tertiary alicyclic amines) is 1. The van der Waals surface area contributed by atoms with Gasteiger partial charge in [-0.1, -0.05) is 18.5 Å². The molecule has 1 aliphatic heterocycles. The van der Waals surface area contributed by atoms with Gasteiger partial charge in [0.2, 0.25) is 0 Å². The molecule has 1 aliphatic rings. The van der Waals surface area contributed by atoms with Gasteiger partial charge in [0.15, 0.2) is 0 Å². The van der Waals surface area contributed by atoms with Crippen molar-refractivity contribution in [3.05, 3.63) is 10.4 Å². The van der Waals surface area contributed by atoms with E-state index in [-0.39, 0.29) is 6.54 Å². The van der Waals surface area contributed by atoms with E-state index in [1.165, 1.54) is 19.3 Å². The second-order valence-corrected chi connectivity index (χ2v) is 4.12. The third-order valence-electron chi connectivity index (χ3n) is 3.02. The summed E-state index contributed by atoms with van der Waals surface area (Å²) < 4.78 is 0. The maximum atomic E-state index is 9.64. The zero-order valence-electron chi connectivity index (χ0n) is 9.34. The summed E-state index contributed by atoms with van der Waals surface area (Å²) >= 11 is 0. The van der Waals surface area contributed by atoms with E-state index >= 15 is 0 Å². The lowest BCUT2D eigenvalue weighted by atomic mass is 9.99. The first kappa shape index (κ1) is 12.3. The predicted octanol–water partition coefficient (Wildman–Crippen LogP) is 1.92. The van der Waals surface area contributed by atoms with Crippen molar-refractivity contribution in [3.8, 4) is 0 Å². The molecule has 1 rings (SSSR count). The molecule has 0 amide bonds. The number of rotatable bonds is 5. The molecule has 0 spiro atoms. The number of β-amino-alcohol motifs (C(OH)–C–C–N with tert-alkyl or cyclic N) is 1. The van der Waals surface area contributed by atoms with Gasteiger partial charge in [-0.05, 0) is 31.3 Å². The smallest absolute Gasteiger partial charge is 0.0723 e. The number of piperidine rings is 1. The fraction of sp³-hybridized carbons (Fsp3) is 1.00. The Balaban J connectivity index is 2.36. The van der Waals surface area contributed by atoms with Gasteiger partial charge in [0.1, 0.15) is 0 Å². The normalized spacial score (nSPS) is 24.5. The molecular formula is C10H20N4O. The van der Waals surface area contributed by atoms with Crippen LogP contribution < -0.4 is 0 Å². The Bertz CT molecular complexity index is 227. The molecule has 0 radical (unpaired) electrons. The molecule has 5 heteroatoms. The molecule has 0 aromatic heterocycles. The SMILES string of the molecule is CC[C@H]1CCCCN1C[C@@H](O)CN=[N+]=[N-]. The Morgan fingerprint density at radius 1 is 1.60 bits per heavy atom. The average Bonchev–Trinajstić information content (AvgIpc) is 2.27. The fourth-order valence-electron chi connectivity index (χ4n) is 2.22. The fourth-order valence-corrected chi connectivity index (χ4v) is 2.22. The zero-order chi connectivity index (χ0) is 11.1. The van der Waals surface area contributed by atoms with E-state index in [1.54, 1.807) is 0 Å². The second-order valence-electron chi connectivity index (χ2n) is 4.12. The summed E-state index contributed by atoms with van der Waals surface area (Å²) in [4.78, 5) is 4.97. The molecule has 0 saturated carbocycles. The zero-order valence-corrected chi connectivity index (χ0v) is 9.34. The largest absolute Gasteiger partial charge is 0.392 e. The van der Waals surface area contributed by atoms with E-state index in [4.69, 9.17) is 5.53 Å². The van der Waals surface area contributed by atoms with Crippen molar-refractivity contribution in [1.82, 2.24) is 4.90 Å². The Kier molecular flexibility index (Phi) is 5.47. The van der Waals surface area contributed by atoms with E-state index in [1.807, 2.05) is 0 Å². The Morgan fingerprint density at radius 3 is 3.07 bits per heavy atom. The van der Waals surface area contributed by atoms with E-state index in [0.29, 0.717) is 12.6 Å². The number of azide groups is 1. The van der Waals surface area contributed by atoms with Crippen LogP contribution in [0.2, 0.25) is 0 Å². The molecule has 5 nitrogen and oxygen atoms in total. The standard InChI is InChI=1S/C10H20N4O/c1-2-9-5-3-4-6-14(9)8-10(15)7-12-13-11/h9-10,15H,2-8H2,1H3/t9-,10-/m0/s1. The van der Waals surface area contributed by atoms with E-state index < -0.39 is 6.10 Å². The highest BCUT2D eigenvalue weighted by atomic mass is 16.3. The van der Waals surface area contributed by atoms with Crippen molar-refractivity contribution in [3.63, 3.8) is 0 Å². The molecule has 0 bridgehead atoms. The van der Waals surface area contributed by atoms with Crippen LogP contribution in [0.3, 0.4) is 0 Å². The van der Waals surface area contributed by atoms with Gasteiger partial charge in [-0.3, -0.25) is 4.90 Å². The van der Waals surface area contributed by atoms with Crippen LogP contribution >= 0.6 is 0 Å². The molecule has 0 aromatic rings. The first-order chi connectivity index (χ1) is 7.27. The van der Waals surface area contributed by atoms with Crippen LogP contribution in [0, 0.1) is 0 Å². The number of aliphatic hydroxyl groups excluding tert-OH is 1. The monoisotopic (exact) mass is 212 g/mol. The topological polar surface area (TPSA) is 72.2 Å². The van der Waals surface area contributed by atoms with Gasteiger partial charge < -0.3 is 5.11 Å². The molecule has 1 heterocycles. The van der Waals surface area contributed by atoms with Gasteiger partial charge in [0.05, 0.1) is 12.6 Å². The van der Waals surface area contributed by atoms with Gasteiger partial charge in [0, 0.05) is 17.5 Å². The summed E-state index contributed by atoms with van der Waals surface area (Å²) in [5.41, 5.74) is 8.15. The van der Waals surface area contributed by atoms with Gasteiger partial charge >= 0.3 is 0 Å². The van der Waals surface area contributed by atoms with Crippen molar-refractivity contribution in [2.45, 2.75) is 44.8 Å². The Morgan fingerprint density at radius 2 is 2.40 bits per heavy atom. The van der Waals surface area contributed by atoms with Crippen LogP contribution in [-0.4, -0.2) is 41.8 Å². The van der Waals surface area contributed by atoms with E-state index in [2.05, 4.69) is 21.8 Å². The molecule has 1 saturated heterocycles. The minimum atomic E-state index is -0.520. The quantitative estimate of drug-likeness (QED) is 0.429. The number of hydrogen-bond acceptors (Lipinski definition) is 3.